The molecule has 6 nitrogen and oxygen atoms in total. The monoisotopic (exact) mass is 364 g/mol. The van der Waals surface area contributed by atoms with Crippen molar-refractivity contribution in [1.29, 1.82) is 0 Å². The molecule has 7 heteroatoms. The fourth-order valence-corrected chi connectivity index (χ4v) is 2.19. The predicted octanol–water partition coefficient (Wildman–Crippen LogP) is 2.86. The van der Waals surface area contributed by atoms with E-state index >= 15 is 0 Å². The molecular weight excluding hydrogens is 348 g/mol. The van der Waals surface area contributed by atoms with E-state index in [4.69, 9.17) is 4.74 Å². The van der Waals surface area contributed by atoms with Gasteiger partial charge in [-0.1, -0.05) is 12.1 Å². The number of amides is 1. The zero-order valence-corrected chi connectivity index (χ0v) is 14.0. The second kappa shape index (κ2) is 7.86. The van der Waals surface area contributed by atoms with Crippen LogP contribution in [0.4, 0.5) is 11.5 Å². The highest BCUT2D eigenvalue weighted by Crippen LogP contribution is 2.21. The van der Waals surface area contributed by atoms with Gasteiger partial charge in [0.1, 0.15) is 17.3 Å². The largest absolute Gasteiger partial charge is 0.383 e. The molecule has 0 saturated carbocycles. The maximum Gasteiger partial charge on any atom is 0.274 e. The summed E-state index contributed by atoms with van der Waals surface area (Å²) < 4.78 is 5.79. The molecule has 0 aliphatic rings. The minimum Gasteiger partial charge on any atom is -0.383 e. The molecule has 0 unspecified atom stereocenters. The lowest BCUT2D eigenvalue weighted by atomic mass is 10.3. The smallest absolute Gasteiger partial charge is 0.274 e. The average molecular weight is 365 g/mol. The summed E-state index contributed by atoms with van der Waals surface area (Å²) in [7, 11) is 1.63. The lowest BCUT2D eigenvalue weighted by Crippen LogP contribution is -2.17. The highest BCUT2D eigenvalue weighted by atomic mass is 79.9. The number of nitrogens with zero attached hydrogens (tertiary/aromatic N) is 2. The molecular formula is C15H17BrN4O2. The number of rotatable bonds is 6. The first-order valence-electron chi connectivity index (χ1n) is 6.74. The zero-order valence-electron chi connectivity index (χ0n) is 12.4. The Morgan fingerprint density at radius 2 is 2.09 bits per heavy atom. The van der Waals surface area contributed by atoms with E-state index < -0.39 is 0 Å². The number of para-hydroxylation sites is 1. The van der Waals surface area contributed by atoms with E-state index in [0.717, 1.165) is 4.47 Å². The number of benzene rings is 1. The SMILES string of the molecule is COCCNc1cc(C(=O)Nc2ccccc2Br)nc(C)n1. The van der Waals surface area contributed by atoms with Crippen LogP contribution in [0.15, 0.2) is 34.8 Å². The van der Waals surface area contributed by atoms with Crippen LogP contribution in [0.5, 0.6) is 0 Å². The van der Waals surface area contributed by atoms with E-state index in [-0.39, 0.29) is 5.91 Å². The maximum atomic E-state index is 12.3. The molecule has 2 N–H and O–H groups in total. The molecule has 1 aromatic heterocycles. The summed E-state index contributed by atoms with van der Waals surface area (Å²) in [5, 5.41) is 5.91. The van der Waals surface area contributed by atoms with Crippen LogP contribution in [0.2, 0.25) is 0 Å². The normalized spacial score (nSPS) is 10.3. The van der Waals surface area contributed by atoms with Crippen molar-refractivity contribution in [2.75, 3.05) is 30.9 Å². The van der Waals surface area contributed by atoms with Crippen LogP contribution in [0, 0.1) is 6.92 Å². The molecule has 0 aliphatic heterocycles. The van der Waals surface area contributed by atoms with Crippen LogP contribution >= 0.6 is 15.9 Å². The summed E-state index contributed by atoms with van der Waals surface area (Å²) in [6.07, 6.45) is 0. The topological polar surface area (TPSA) is 76.1 Å². The molecule has 0 bridgehead atoms. The number of ether oxygens (including phenoxy) is 1. The van der Waals surface area contributed by atoms with Gasteiger partial charge >= 0.3 is 0 Å². The Kier molecular flexibility index (Phi) is 5.85. The van der Waals surface area contributed by atoms with Gasteiger partial charge in [0.2, 0.25) is 0 Å². The number of aryl methyl sites for hydroxylation is 1. The number of methoxy groups -OCH3 is 1. The van der Waals surface area contributed by atoms with Crippen LogP contribution < -0.4 is 10.6 Å². The summed E-state index contributed by atoms with van der Waals surface area (Å²) in [6, 6.07) is 9.02. The Labute approximate surface area is 137 Å². The number of carbonyl (C=O) groups is 1. The fourth-order valence-electron chi connectivity index (χ4n) is 1.80. The first kappa shape index (κ1) is 16.4. The van der Waals surface area contributed by atoms with E-state index in [9.17, 15) is 4.79 Å². The van der Waals surface area contributed by atoms with Gasteiger partial charge in [0.15, 0.2) is 0 Å². The molecule has 1 aromatic carbocycles. The number of hydrogen-bond donors (Lipinski definition) is 2. The first-order valence-corrected chi connectivity index (χ1v) is 7.54. The van der Waals surface area contributed by atoms with Gasteiger partial charge in [-0.15, -0.1) is 0 Å². The Bertz CT molecular complexity index is 664. The highest BCUT2D eigenvalue weighted by molar-refractivity contribution is 9.10. The van der Waals surface area contributed by atoms with Crippen molar-refractivity contribution in [2.24, 2.45) is 0 Å². The Morgan fingerprint density at radius 3 is 2.82 bits per heavy atom. The van der Waals surface area contributed by atoms with Gasteiger partial charge in [0, 0.05) is 24.2 Å². The van der Waals surface area contributed by atoms with Crippen molar-refractivity contribution < 1.29 is 9.53 Å². The van der Waals surface area contributed by atoms with Gasteiger partial charge in [0.25, 0.3) is 5.91 Å². The molecule has 1 amide bonds. The number of carbonyl (C=O) groups excluding carboxylic acids is 1. The van der Waals surface area contributed by atoms with Gasteiger partial charge in [-0.2, -0.15) is 0 Å². The van der Waals surface area contributed by atoms with Crippen molar-refractivity contribution >= 4 is 33.3 Å². The highest BCUT2D eigenvalue weighted by Gasteiger charge is 2.12. The predicted molar refractivity (Wildman–Crippen MR) is 89.2 cm³/mol. The standard InChI is InChI=1S/C15H17BrN4O2/c1-10-18-13(9-14(19-10)17-7-8-22-2)15(21)20-12-6-4-3-5-11(12)16/h3-6,9H,7-8H2,1-2H3,(H,20,21)(H,17,18,19). The Hall–Kier alpha value is -1.99. The second-order valence-electron chi connectivity index (χ2n) is 4.54. The van der Waals surface area contributed by atoms with Crippen molar-refractivity contribution in [2.45, 2.75) is 6.92 Å². The maximum absolute atomic E-state index is 12.3. The lowest BCUT2D eigenvalue weighted by molar-refractivity contribution is 0.102. The third-order valence-electron chi connectivity index (χ3n) is 2.80. The summed E-state index contributed by atoms with van der Waals surface area (Å²) in [5.41, 5.74) is 1.00. The Morgan fingerprint density at radius 1 is 1.32 bits per heavy atom. The molecule has 0 aliphatic carbocycles. The minimum absolute atomic E-state index is 0.285. The van der Waals surface area contributed by atoms with Crippen LogP contribution in [-0.2, 0) is 4.74 Å². The molecule has 0 fully saturated rings. The van der Waals surface area contributed by atoms with Crippen molar-refractivity contribution in [1.82, 2.24) is 9.97 Å². The third-order valence-corrected chi connectivity index (χ3v) is 3.50. The number of anilines is 2. The molecule has 1 heterocycles. The summed E-state index contributed by atoms with van der Waals surface area (Å²) in [5.74, 6) is 0.841. The van der Waals surface area contributed by atoms with E-state index in [1.165, 1.54) is 0 Å². The third kappa shape index (κ3) is 4.51. The number of aromatic nitrogens is 2. The van der Waals surface area contributed by atoms with E-state index in [0.29, 0.717) is 36.2 Å². The van der Waals surface area contributed by atoms with E-state index in [1.54, 1.807) is 20.1 Å². The average Bonchev–Trinajstić information content (AvgIpc) is 2.49. The summed E-state index contributed by atoms with van der Waals surface area (Å²) in [6.45, 7) is 2.91. The van der Waals surface area contributed by atoms with Crippen molar-refractivity contribution in [3.63, 3.8) is 0 Å². The van der Waals surface area contributed by atoms with Gasteiger partial charge in [-0.05, 0) is 35.0 Å². The molecule has 116 valence electrons. The lowest BCUT2D eigenvalue weighted by Gasteiger charge is -2.09. The number of nitrogens with one attached hydrogen (secondary N) is 2. The van der Waals surface area contributed by atoms with Crippen LogP contribution in [0.25, 0.3) is 0 Å². The molecule has 0 saturated heterocycles. The Balaban J connectivity index is 2.13. The molecule has 0 radical (unpaired) electrons. The quantitative estimate of drug-likeness (QED) is 0.770. The minimum atomic E-state index is -0.285. The van der Waals surface area contributed by atoms with Crippen LogP contribution in [-0.4, -0.2) is 36.1 Å². The fraction of sp³-hybridized carbons (Fsp3) is 0.267. The first-order chi connectivity index (χ1) is 10.6. The summed E-state index contributed by atoms with van der Waals surface area (Å²) >= 11 is 3.39. The molecule has 2 rings (SSSR count). The van der Waals surface area contributed by atoms with Crippen LogP contribution in [0.1, 0.15) is 16.3 Å². The van der Waals surface area contributed by atoms with E-state index in [1.807, 2.05) is 24.3 Å². The molecule has 0 spiro atoms. The number of hydrogen-bond acceptors (Lipinski definition) is 5. The van der Waals surface area contributed by atoms with Gasteiger partial charge in [-0.25, -0.2) is 9.97 Å². The van der Waals surface area contributed by atoms with Gasteiger partial charge < -0.3 is 15.4 Å². The van der Waals surface area contributed by atoms with Gasteiger partial charge in [0.05, 0.1) is 12.3 Å². The molecule has 0 atom stereocenters. The van der Waals surface area contributed by atoms with Crippen molar-refractivity contribution in [3.8, 4) is 0 Å². The molecule has 2 aromatic rings. The van der Waals surface area contributed by atoms with Crippen molar-refractivity contribution in [3.05, 3.63) is 46.3 Å². The van der Waals surface area contributed by atoms with Crippen LogP contribution in [0.3, 0.4) is 0 Å². The zero-order chi connectivity index (χ0) is 15.9. The second-order valence-corrected chi connectivity index (χ2v) is 5.39. The van der Waals surface area contributed by atoms with Gasteiger partial charge in [-0.3, -0.25) is 4.79 Å². The van der Waals surface area contributed by atoms with E-state index in [2.05, 4.69) is 36.5 Å². The molecule has 22 heavy (non-hydrogen) atoms. The summed E-state index contributed by atoms with van der Waals surface area (Å²) in [4.78, 5) is 20.7. The number of halogens is 1.